The molecule has 0 aliphatic carbocycles. The molecule has 2 aromatic carbocycles. The number of hydrogen-bond acceptors (Lipinski definition) is 5. The number of imide groups is 1. The van der Waals surface area contributed by atoms with Gasteiger partial charge in [0, 0.05) is 39.7 Å². The summed E-state index contributed by atoms with van der Waals surface area (Å²) in [4.78, 5) is 30.0. The summed E-state index contributed by atoms with van der Waals surface area (Å²) in [5, 5.41) is 12.3. The maximum Gasteiger partial charge on any atom is 0.281 e. The minimum absolute atomic E-state index is 0.105. The minimum Gasteiger partial charge on any atom is -0.277 e. The summed E-state index contributed by atoms with van der Waals surface area (Å²) < 4.78 is 13.3. The van der Waals surface area contributed by atoms with Gasteiger partial charge in [-0.3, -0.25) is 19.7 Å². The third kappa shape index (κ3) is 4.60. The van der Waals surface area contributed by atoms with E-state index in [9.17, 15) is 14.0 Å². The molecule has 4 rings (SSSR count). The molecule has 2 amide bonds. The number of H-pyrrole nitrogens is 1. The van der Waals surface area contributed by atoms with E-state index in [1.165, 1.54) is 49.1 Å². The van der Waals surface area contributed by atoms with Crippen molar-refractivity contribution in [2.45, 2.75) is 0 Å². The molecule has 2 heterocycles. The number of benzene rings is 2. The van der Waals surface area contributed by atoms with Gasteiger partial charge in [0.2, 0.25) is 0 Å². The van der Waals surface area contributed by atoms with Crippen LogP contribution in [0.1, 0.15) is 26.3 Å². The first-order valence-electron chi connectivity index (χ1n) is 9.40. The van der Waals surface area contributed by atoms with E-state index in [0.717, 1.165) is 22.7 Å². The van der Waals surface area contributed by atoms with E-state index in [-0.39, 0.29) is 11.1 Å². The lowest BCUT2D eigenvalue weighted by molar-refractivity contribution is 0.0621. The molecule has 32 heavy (non-hydrogen) atoms. The van der Waals surface area contributed by atoms with Crippen molar-refractivity contribution in [2.75, 3.05) is 0 Å². The van der Waals surface area contributed by atoms with Crippen LogP contribution in [0.3, 0.4) is 0 Å². The van der Waals surface area contributed by atoms with Gasteiger partial charge in [0.05, 0.1) is 18.1 Å². The highest BCUT2D eigenvalue weighted by atomic mass is 35.5. The number of carbonyl (C=O) groups is 2. The van der Waals surface area contributed by atoms with Crippen molar-refractivity contribution in [3.8, 4) is 11.3 Å². The van der Waals surface area contributed by atoms with E-state index in [0.29, 0.717) is 16.3 Å². The van der Waals surface area contributed by atoms with Gasteiger partial charge in [-0.15, -0.1) is 0 Å². The van der Waals surface area contributed by atoms with E-state index in [1.807, 2.05) is 6.07 Å². The number of hydrogen-bond donors (Lipinski definition) is 1. The molecule has 4 aromatic rings. The number of aromatic amines is 1. The van der Waals surface area contributed by atoms with Crippen molar-refractivity contribution in [3.05, 3.63) is 107 Å². The summed E-state index contributed by atoms with van der Waals surface area (Å²) in [6.07, 6.45) is 5.73. The number of rotatable bonds is 5. The maximum absolute atomic E-state index is 13.3. The lowest BCUT2D eigenvalue weighted by Gasteiger charge is -2.15. The van der Waals surface area contributed by atoms with E-state index >= 15 is 0 Å². The Hall–Kier alpha value is -4.17. The van der Waals surface area contributed by atoms with Gasteiger partial charge in [0.1, 0.15) is 5.82 Å². The van der Waals surface area contributed by atoms with Crippen LogP contribution in [-0.2, 0) is 0 Å². The summed E-state index contributed by atoms with van der Waals surface area (Å²) in [5.41, 5.74) is 2.23. The molecule has 0 saturated heterocycles. The molecule has 0 aliphatic heterocycles. The highest BCUT2D eigenvalue weighted by molar-refractivity contribution is 6.30. The standard InChI is InChI=1S/C23H15ClFN5O2/c24-19-3-1-2-17(12-19)21-18(13-27-29-21)14-28-30(23(32)16-8-10-26-11-9-16)22(31)15-4-6-20(25)7-5-15/h1-14H,(H,27,29). The molecule has 0 atom stereocenters. The first-order chi connectivity index (χ1) is 15.5. The molecule has 0 radical (unpaired) electrons. The summed E-state index contributed by atoms with van der Waals surface area (Å²) in [6.45, 7) is 0. The van der Waals surface area contributed by atoms with Gasteiger partial charge in [-0.1, -0.05) is 23.7 Å². The van der Waals surface area contributed by atoms with E-state index in [2.05, 4.69) is 20.3 Å². The second kappa shape index (κ2) is 9.32. The number of nitrogens with zero attached hydrogens (tertiary/aromatic N) is 4. The van der Waals surface area contributed by atoms with E-state index in [4.69, 9.17) is 11.6 Å². The predicted molar refractivity (Wildman–Crippen MR) is 118 cm³/mol. The molecule has 0 spiro atoms. The van der Waals surface area contributed by atoms with Crippen LogP contribution in [0.15, 0.2) is 84.4 Å². The van der Waals surface area contributed by atoms with Crippen LogP contribution in [0.4, 0.5) is 4.39 Å². The minimum atomic E-state index is -0.712. The molecule has 158 valence electrons. The fourth-order valence-electron chi connectivity index (χ4n) is 2.92. The van der Waals surface area contributed by atoms with Gasteiger partial charge in [-0.2, -0.15) is 15.2 Å². The molecule has 7 nitrogen and oxygen atoms in total. The van der Waals surface area contributed by atoms with Gasteiger partial charge in [-0.25, -0.2) is 4.39 Å². The third-order valence-electron chi connectivity index (χ3n) is 4.50. The second-order valence-corrected chi connectivity index (χ2v) is 7.06. The van der Waals surface area contributed by atoms with Crippen molar-refractivity contribution in [3.63, 3.8) is 0 Å². The van der Waals surface area contributed by atoms with Crippen molar-refractivity contribution in [1.82, 2.24) is 20.2 Å². The lowest BCUT2D eigenvalue weighted by Crippen LogP contribution is -2.32. The van der Waals surface area contributed by atoms with Gasteiger partial charge in [0.15, 0.2) is 0 Å². The van der Waals surface area contributed by atoms with Crippen molar-refractivity contribution in [2.24, 2.45) is 5.10 Å². The number of pyridine rings is 1. The summed E-state index contributed by atoms with van der Waals surface area (Å²) in [6, 6.07) is 14.9. The average molecular weight is 448 g/mol. The highest BCUT2D eigenvalue weighted by Crippen LogP contribution is 2.23. The first kappa shape index (κ1) is 21.1. The van der Waals surface area contributed by atoms with E-state index in [1.54, 1.807) is 18.2 Å². The maximum atomic E-state index is 13.3. The van der Waals surface area contributed by atoms with Crippen LogP contribution in [0, 0.1) is 5.82 Å². The molecular weight excluding hydrogens is 433 g/mol. The largest absolute Gasteiger partial charge is 0.281 e. The Bertz CT molecular complexity index is 1290. The molecule has 0 aliphatic rings. The average Bonchev–Trinajstić information content (AvgIpc) is 3.28. The summed E-state index contributed by atoms with van der Waals surface area (Å²) >= 11 is 6.07. The number of amides is 2. The molecule has 0 saturated carbocycles. The quantitative estimate of drug-likeness (QED) is 0.275. The number of carbonyl (C=O) groups excluding carboxylic acids is 2. The Balaban J connectivity index is 1.71. The van der Waals surface area contributed by atoms with Crippen LogP contribution >= 0.6 is 11.6 Å². The topological polar surface area (TPSA) is 91.3 Å². The zero-order chi connectivity index (χ0) is 22.5. The molecule has 1 N–H and O–H groups in total. The lowest BCUT2D eigenvalue weighted by atomic mass is 10.1. The molecule has 0 unspecified atom stereocenters. The number of halogens is 2. The monoisotopic (exact) mass is 447 g/mol. The van der Waals surface area contributed by atoms with Crippen LogP contribution in [0.2, 0.25) is 5.02 Å². The fourth-order valence-corrected chi connectivity index (χ4v) is 3.11. The Morgan fingerprint density at radius 2 is 1.69 bits per heavy atom. The number of aromatic nitrogens is 3. The smallest absolute Gasteiger partial charge is 0.277 e. The second-order valence-electron chi connectivity index (χ2n) is 6.62. The zero-order valence-electron chi connectivity index (χ0n) is 16.4. The van der Waals surface area contributed by atoms with Crippen LogP contribution in [-0.4, -0.2) is 38.2 Å². The molecular formula is C23H15ClFN5O2. The normalized spacial score (nSPS) is 10.9. The SMILES string of the molecule is O=C(c1ccncc1)N(N=Cc1cn[nH]c1-c1cccc(Cl)c1)C(=O)c1ccc(F)cc1. The third-order valence-corrected chi connectivity index (χ3v) is 4.73. The molecule has 9 heteroatoms. The van der Waals surface area contributed by atoms with Crippen molar-refractivity contribution >= 4 is 29.6 Å². The summed E-state index contributed by atoms with van der Waals surface area (Å²) in [5.74, 6) is -1.87. The predicted octanol–water partition coefficient (Wildman–Crippen LogP) is 4.58. The van der Waals surface area contributed by atoms with Gasteiger partial charge in [0.25, 0.3) is 11.8 Å². The Morgan fingerprint density at radius 3 is 2.38 bits per heavy atom. The van der Waals surface area contributed by atoms with Crippen LogP contribution in [0.5, 0.6) is 0 Å². The van der Waals surface area contributed by atoms with E-state index < -0.39 is 17.6 Å². The first-order valence-corrected chi connectivity index (χ1v) is 9.78. The zero-order valence-corrected chi connectivity index (χ0v) is 17.2. The summed E-state index contributed by atoms with van der Waals surface area (Å²) in [7, 11) is 0. The Labute approximate surface area is 187 Å². The molecule has 2 aromatic heterocycles. The highest BCUT2D eigenvalue weighted by Gasteiger charge is 2.24. The Morgan fingerprint density at radius 1 is 1.00 bits per heavy atom. The fraction of sp³-hybridized carbons (Fsp3) is 0. The Kier molecular flexibility index (Phi) is 6.14. The van der Waals surface area contributed by atoms with Crippen molar-refractivity contribution in [1.29, 1.82) is 0 Å². The van der Waals surface area contributed by atoms with Gasteiger partial charge in [-0.05, 0) is 48.5 Å². The molecule has 0 bridgehead atoms. The molecule has 0 fully saturated rings. The van der Waals surface area contributed by atoms with Gasteiger partial charge >= 0.3 is 0 Å². The number of hydrazone groups is 1. The number of nitrogens with one attached hydrogen (secondary N) is 1. The van der Waals surface area contributed by atoms with Crippen molar-refractivity contribution < 1.29 is 14.0 Å². The van der Waals surface area contributed by atoms with Crippen LogP contribution < -0.4 is 0 Å². The van der Waals surface area contributed by atoms with Crippen LogP contribution in [0.25, 0.3) is 11.3 Å². The van der Waals surface area contributed by atoms with Gasteiger partial charge < -0.3 is 0 Å².